The molecule has 0 saturated heterocycles. The van der Waals surface area contributed by atoms with Gasteiger partial charge in [-0.15, -0.1) is 0 Å². The largest absolute Gasteiger partial charge is 0.496 e. The third-order valence-electron chi connectivity index (χ3n) is 2.38. The molecule has 0 unspecified atom stereocenters. The molecule has 104 valence electrons. The Morgan fingerprint density at radius 2 is 1.65 bits per heavy atom. The summed E-state index contributed by atoms with van der Waals surface area (Å²) >= 11 is 0. The monoisotopic (exact) mass is 276 g/mol. The molecule has 0 amide bonds. The van der Waals surface area contributed by atoms with Gasteiger partial charge in [0.05, 0.1) is 26.6 Å². The molecule has 1 heterocycles. The van der Waals surface area contributed by atoms with Gasteiger partial charge in [0.25, 0.3) is 0 Å². The van der Waals surface area contributed by atoms with Gasteiger partial charge in [-0.1, -0.05) is 0 Å². The molecule has 2 rings (SSSR count). The molecule has 0 aliphatic rings. The van der Waals surface area contributed by atoms with E-state index in [1.165, 1.54) is 20.4 Å². The van der Waals surface area contributed by atoms with Crippen molar-refractivity contribution in [3.63, 3.8) is 0 Å². The molecule has 20 heavy (non-hydrogen) atoms. The highest BCUT2D eigenvalue weighted by atomic mass is 16.5. The molecule has 0 bridgehead atoms. The van der Waals surface area contributed by atoms with E-state index < -0.39 is 5.97 Å². The lowest BCUT2D eigenvalue weighted by molar-refractivity contribution is 0.0689. The van der Waals surface area contributed by atoms with Gasteiger partial charge >= 0.3 is 5.97 Å². The molecule has 7 heteroatoms. The maximum atomic E-state index is 10.8. The highest BCUT2D eigenvalue weighted by molar-refractivity contribution is 5.84. The van der Waals surface area contributed by atoms with Crippen LogP contribution in [0.4, 0.5) is 0 Å². The maximum absolute atomic E-state index is 10.8. The van der Waals surface area contributed by atoms with Crippen molar-refractivity contribution >= 4 is 5.97 Å². The Morgan fingerprint density at radius 1 is 1.05 bits per heavy atom. The van der Waals surface area contributed by atoms with Crippen LogP contribution in [0.5, 0.6) is 23.1 Å². The van der Waals surface area contributed by atoms with Crippen LogP contribution in [0.2, 0.25) is 0 Å². The number of carbonyl (C=O) groups is 1. The number of hydrogen-bond acceptors (Lipinski definition) is 6. The summed E-state index contributed by atoms with van der Waals surface area (Å²) in [6.07, 6.45) is 2.46. The molecule has 0 aliphatic carbocycles. The summed E-state index contributed by atoms with van der Waals surface area (Å²) in [4.78, 5) is 18.4. The number of methoxy groups -OCH3 is 2. The standard InChI is InChI=1S/C13H12N2O5/c1-18-8-3-9(19-2)5-10(4-8)20-12-7-14-6-11(15-12)13(16)17/h3-7H,1-2H3,(H,16,17). The van der Waals surface area contributed by atoms with E-state index >= 15 is 0 Å². The molecule has 2 aromatic rings. The van der Waals surface area contributed by atoms with Gasteiger partial charge in [0.2, 0.25) is 5.88 Å². The van der Waals surface area contributed by atoms with Crippen molar-refractivity contribution in [2.45, 2.75) is 0 Å². The minimum atomic E-state index is -1.17. The fourth-order valence-electron chi connectivity index (χ4n) is 1.46. The Balaban J connectivity index is 2.29. The van der Waals surface area contributed by atoms with Gasteiger partial charge in [0.1, 0.15) is 17.2 Å². The first kappa shape index (κ1) is 13.6. The number of carboxylic acid groups (broad SMARTS) is 1. The fourth-order valence-corrected chi connectivity index (χ4v) is 1.46. The molecule has 0 aliphatic heterocycles. The molecule has 0 spiro atoms. The zero-order valence-electron chi connectivity index (χ0n) is 10.9. The number of rotatable bonds is 5. The summed E-state index contributed by atoms with van der Waals surface area (Å²) in [5.41, 5.74) is -0.197. The Bertz CT molecular complexity index is 608. The number of aromatic nitrogens is 2. The first-order chi connectivity index (χ1) is 9.62. The van der Waals surface area contributed by atoms with Crippen LogP contribution < -0.4 is 14.2 Å². The molecule has 0 saturated carbocycles. The van der Waals surface area contributed by atoms with Crippen LogP contribution >= 0.6 is 0 Å². The Labute approximate surface area is 114 Å². The van der Waals surface area contributed by atoms with Crippen molar-refractivity contribution in [2.24, 2.45) is 0 Å². The highest BCUT2D eigenvalue weighted by Crippen LogP contribution is 2.29. The second-order valence-corrected chi connectivity index (χ2v) is 3.70. The third kappa shape index (κ3) is 3.14. The van der Waals surface area contributed by atoms with E-state index in [1.807, 2.05) is 0 Å². The van der Waals surface area contributed by atoms with Crippen LogP contribution in [-0.2, 0) is 0 Å². The molecule has 0 atom stereocenters. The Hall–Kier alpha value is -2.83. The van der Waals surface area contributed by atoms with Gasteiger partial charge in [-0.25, -0.2) is 9.78 Å². The number of benzene rings is 1. The van der Waals surface area contributed by atoms with Crippen molar-refractivity contribution in [1.82, 2.24) is 9.97 Å². The minimum Gasteiger partial charge on any atom is -0.496 e. The van der Waals surface area contributed by atoms with E-state index in [2.05, 4.69) is 9.97 Å². The number of ether oxygens (including phenoxy) is 3. The lowest BCUT2D eigenvalue weighted by Crippen LogP contribution is -2.02. The van der Waals surface area contributed by atoms with E-state index in [0.29, 0.717) is 17.2 Å². The zero-order valence-corrected chi connectivity index (χ0v) is 10.9. The zero-order chi connectivity index (χ0) is 14.5. The van der Waals surface area contributed by atoms with E-state index in [1.54, 1.807) is 18.2 Å². The Kier molecular flexibility index (Phi) is 3.99. The van der Waals surface area contributed by atoms with Crippen molar-refractivity contribution in [1.29, 1.82) is 0 Å². The van der Waals surface area contributed by atoms with E-state index in [9.17, 15) is 4.79 Å². The van der Waals surface area contributed by atoms with Crippen molar-refractivity contribution in [2.75, 3.05) is 14.2 Å². The maximum Gasteiger partial charge on any atom is 0.356 e. The van der Waals surface area contributed by atoms with Crippen molar-refractivity contribution in [3.8, 4) is 23.1 Å². The first-order valence-corrected chi connectivity index (χ1v) is 5.58. The molecular weight excluding hydrogens is 264 g/mol. The number of carboxylic acids is 1. The summed E-state index contributed by atoms with van der Waals surface area (Å²) in [7, 11) is 3.03. The normalized spacial score (nSPS) is 9.90. The van der Waals surface area contributed by atoms with Gasteiger partial charge in [0, 0.05) is 18.2 Å². The van der Waals surface area contributed by atoms with Gasteiger partial charge in [-0.3, -0.25) is 4.98 Å². The molecule has 1 aromatic carbocycles. The predicted octanol–water partition coefficient (Wildman–Crippen LogP) is 1.98. The topological polar surface area (TPSA) is 90.8 Å². The van der Waals surface area contributed by atoms with Crippen molar-refractivity contribution < 1.29 is 24.1 Å². The molecule has 0 radical (unpaired) electrons. The minimum absolute atomic E-state index is 0.0696. The van der Waals surface area contributed by atoms with Crippen LogP contribution in [0, 0.1) is 0 Å². The van der Waals surface area contributed by atoms with Crippen molar-refractivity contribution in [3.05, 3.63) is 36.3 Å². The SMILES string of the molecule is COc1cc(OC)cc(Oc2cncc(C(=O)O)n2)c1. The molecule has 7 nitrogen and oxygen atoms in total. The van der Waals surface area contributed by atoms with E-state index in [0.717, 1.165) is 6.20 Å². The van der Waals surface area contributed by atoms with Gasteiger partial charge < -0.3 is 19.3 Å². The summed E-state index contributed by atoms with van der Waals surface area (Å²) in [6, 6.07) is 4.93. The van der Waals surface area contributed by atoms with Gasteiger partial charge in [-0.2, -0.15) is 0 Å². The average molecular weight is 276 g/mol. The molecular formula is C13H12N2O5. The van der Waals surface area contributed by atoms with Crippen LogP contribution in [0.25, 0.3) is 0 Å². The van der Waals surface area contributed by atoms with E-state index in [4.69, 9.17) is 19.3 Å². The number of aromatic carboxylic acids is 1. The summed E-state index contributed by atoms with van der Waals surface area (Å²) in [5, 5.41) is 8.84. The van der Waals surface area contributed by atoms with Crippen LogP contribution in [0.15, 0.2) is 30.6 Å². The van der Waals surface area contributed by atoms with Crippen LogP contribution in [0.1, 0.15) is 10.5 Å². The molecule has 1 N–H and O–H groups in total. The highest BCUT2D eigenvalue weighted by Gasteiger charge is 2.09. The average Bonchev–Trinajstić information content (AvgIpc) is 2.47. The lowest BCUT2D eigenvalue weighted by Gasteiger charge is -2.09. The molecule has 1 aromatic heterocycles. The smallest absolute Gasteiger partial charge is 0.356 e. The van der Waals surface area contributed by atoms with Crippen LogP contribution in [0.3, 0.4) is 0 Å². The third-order valence-corrected chi connectivity index (χ3v) is 2.38. The second-order valence-electron chi connectivity index (χ2n) is 3.70. The van der Waals surface area contributed by atoms with Gasteiger partial charge in [0.15, 0.2) is 5.69 Å². The number of hydrogen-bond donors (Lipinski definition) is 1. The predicted molar refractivity (Wildman–Crippen MR) is 68.6 cm³/mol. The quantitative estimate of drug-likeness (QED) is 0.892. The lowest BCUT2D eigenvalue weighted by atomic mass is 10.3. The van der Waals surface area contributed by atoms with Crippen LogP contribution in [-0.4, -0.2) is 35.3 Å². The first-order valence-electron chi connectivity index (χ1n) is 5.58. The summed E-state index contributed by atoms with van der Waals surface area (Å²) in [5.74, 6) is 0.382. The summed E-state index contributed by atoms with van der Waals surface area (Å²) < 4.78 is 15.7. The summed E-state index contributed by atoms with van der Waals surface area (Å²) in [6.45, 7) is 0. The van der Waals surface area contributed by atoms with E-state index in [-0.39, 0.29) is 11.6 Å². The van der Waals surface area contributed by atoms with Gasteiger partial charge in [-0.05, 0) is 0 Å². The number of nitrogens with zero attached hydrogens (tertiary/aromatic N) is 2. The Morgan fingerprint density at radius 3 is 2.20 bits per heavy atom. The molecule has 0 fully saturated rings. The fraction of sp³-hybridized carbons (Fsp3) is 0.154. The second kappa shape index (κ2) is 5.87.